The number of para-hydroxylation sites is 1. The molecule has 0 unspecified atom stereocenters. The van der Waals surface area contributed by atoms with Crippen LogP contribution in [0.5, 0.6) is 0 Å². The van der Waals surface area contributed by atoms with Crippen molar-refractivity contribution in [3.63, 3.8) is 0 Å². The molecule has 1 N–H and O–H groups in total. The van der Waals surface area contributed by atoms with Crippen molar-refractivity contribution < 1.29 is 0 Å². The van der Waals surface area contributed by atoms with Crippen molar-refractivity contribution in [1.82, 2.24) is 25.3 Å². The van der Waals surface area contributed by atoms with Crippen molar-refractivity contribution >= 4 is 11.0 Å². The van der Waals surface area contributed by atoms with Crippen LogP contribution >= 0.6 is 0 Å². The molecule has 5 nitrogen and oxygen atoms in total. The minimum Gasteiger partial charge on any atom is -0.316 e. The largest absolute Gasteiger partial charge is 0.316 e. The molecule has 1 aromatic carbocycles. The van der Waals surface area contributed by atoms with Crippen molar-refractivity contribution in [1.29, 1.82) is 0 Å². The molecule has 5 heteroatoms. The highest BCUT2D eigenvalue weighted by molar-refractivity contribution is 5.75. The first kappa shape index (κ1) is 13.7. The number of hydrogen-bond acceptors (Lipinski definition) is 4. The molecule has 108 valence electrons. The highest BCUT2D eigenvalue weighted by Gasteiger charge is 2.09. The predicted molar refractivity (Wildman–Crippen MR) is 83.4 cm³/mol. The minimum atomic E-state index is 0.818. The number of aryl methyl sites for hydroxylation is 1. The molecule has 0 aliphatic rings. The smallest absolute Gasteiger partial charge is 0.156 e. The average molecular weight is 281 g/mol. The summed E-state index contributed by atoms with van der Waals surface area (Å²) in [6, 6.07) is 12.2. The van der Waals surface area contributed by atoms with Crippen molar-refractivity contribution in [3.05, 3.63) is 47.7 Å². The molecule has 3 aromatic rings. The van der Waals surface area contributed by atoms with E-state index in [1.807, 2.05) is 36.0 Å². The first-order valence-corrected chi connectivity index (χ1v) is 7.27. The third kappa shape index (κ3) is 2.78. The summed E-state index contributed by atoms with van der Waals surface area (Å²) in [5, 5.41) is 11.6. The molecule has 0 radical (unpaired) electrons. The van der Waals surface area contributed by atoms with Crippen LogP contribution < -0.4 is 5.32 Å². The van der Waals surface area contributed by atoms with E-state index in [2.05, 4.69) is 34.7 Å². The van der Waals surface area contributed by atoms with Crippen molar-refractivity contribution in [3.8, 4) is 5.82 Å². The zero-order valence-corrected chi connectivity index (χ0v) is 12.4. The molecule has 0 amide bonds. The van der Waals surface area contributed by atoms with Crippen LogP contribution in [0.4, 0.5) is 0 Å². The summed E-state index contributed by atoms with van der Waals surface area (Å²) >= 11 is 0. The predicted octanol–water partition coefficient (Wildman–Crippen LogP) is 2.49. The monoisotopic (exact) mass is 281 g/mol. The zero-order valence-electron chi connectivity index (χ0n) is 12.4. The summed E-state index contributed by atoms with van der Waals surface area (Å²) in [7, 11) is 1.95. The van der Waals surface area contributed by atoms with Gasteiger partial charge in [0.25, 0.3) is 0 Å². The molecular weight excluding hydrogens is 262 g/mol. The Bertz CT molecular complexity index is 723. The van der Waals surface area contributed by atoms with Gasteiger partial charge in [0.2, 0.25) is 0 Å². The van der Waals surface area contributed by atoms with E-state index >= 15 is 0 Å². The van der Waals surface area contributed by atoms with Gasteiger partial charge in [-0.1, -0.05) is 30.7 Å². The molecule has 0 bridgehead atoms. The van der Waals surface area contributed by atoms with Crippen LogP contribution in [0.25, 0.3) is 16.9 Å². The molecule has 2 heterocycles. The Balaban J connectivity index is 2.11. The molecule has 0 saturated carbocycles. The number of pyridine rings is 1. The van der Waals surface area contributed by atoms with Crippen LogP contribution in [-0.4, -0.2) is 27.0 Å². The fourth-order valence-corrected chi connectivity index (χ4v) is 2.47. The van der Waals surface area contributed by atoms with Gasteiger partial charge < -0.3 is 5.32 Å². The maximum atomic E-state index is 4.73. The van der Waals surface area contributed by atoms with E-state index in [0.717, 1.165) is 41.9 Å². The Morgan fingerprint density at radius 1 is 1.19 bits per heavy atom. The van der Waals surface area contributed by atoms with Gasteiger partial charge in [0.05, 0.1) is 5.52 Å². The van der Waals surface area contributed by atoms with Gasteiger partial charge in [-0.2, -0.15) is 4.68 Å². The number of aromatic nitrogens is 4. The zero-order chi connectivity index (χ0) is 14.7. The Morgan fingerprint density at radius 3 is 2.86 bits per heavy atom. The van der Waals surface area contributed by atoms with Crippen LogP contribution in [0.2, 0.25) is 0 Å². The second kappa shape index (κ2) is 6.01. The standard InChI is InChI=1S/C16H19N5/c1-3-6-13-9-12(11-17-2)10-16(18-13)21-15-8-5-4-7-14(15)19-20-21/h4-5,7-10,17H,3,6,11H2,1-2H3. The normalized spacial score (nSPS) is 11.1. The van der Waals surface area contributed by atoms with E-state index in [1.165, 1.54) is 5.56 Å². The van der Waals surface area contributed by atoms with Gasteiger partial charge in [0.15, 0.2) is 5.82 Å². The number of benzene rings is 1. The van der Waals surface area contributed by atoms with Gasteiger partial charge in [-0.05, 0) is 43.3 Å². The summed E-state index contributed by atoms with van der Waals surface area (Å²) < 4.78 is 1.81. The number of nitrogens with zero attached hydrogens (tertiary/aromatic N) is 4. The maximum Gasteiger partial charge on any atom is 0.156 e. The number of rotatable bonds is 5. The number of nitrogens with one attached hydrogen (secondary N) is 1. The van der Waals surface area contributed by atoms with Gasteiger partial charge in [-0.3, -0.25) is 0 Å². The van der Waals surface area contributed by atoms with Crippen molar-refractivity contribution in [2.24, 2.45) is 0 Å². The summed E-state index contributed by atoms with van der Waals surface area (Å²) in [6.07, 6.45) is 2.05. The summed E-state index contributed by atoms with van der Waals surface area (Å²) in [4.78, 5) is 4.73. The molecular formula is C16H19N5. The Hall–Kier alpha value is -2.27. The second-order valence-corrected chi connectivity index (χ2v) is 5.10. The van der Waals surface area contributed by atoms with Gasteiger partial charge in [-0.25, -0.2) is 4.98 Å². The molecule has 0 spiro atoms. The third-order valence-corrected chi connectivity index (χ3v) is 3.38. The Labute approximate surface area is 124 Å². The molecule has 0 fully saturated rings. The van der Waals surface area contributed by atoms with Crippen molar-refractivity contribution in [2.75, 3.05) is 7.05 Å². The topological polar surface area (TPSA) is 55.6 Å². The average Bonchev–Trinajstić information content (AvgIpc) is 2.92. The lowest BCUT2D eigenvalue weighted by atomic mass is 10.1. The van der Waals surface area contributed by atoms with E-state index in [-0.39, 0.29) is 0 Å². The lowest BCUT2D eigenvalue weighted by molar-refractivity contribution is 0.766. The van der Waals surface area contributed by atoms with E-state index in [1.54, 1.807) is 0 Å². The molecule has 0 saturated heterocycles. The van der Waals surface area contributed by atoms with Gasteiger partial charge in [-0.15, -0.1) is 5.10 Å². The summed E-state index contributed by atoms with van der Waals surface area (Å²) in [5.74, 6) is 0.833. The SMILES string of the molecule is CCCc1cc(CNC)cc(-n2nnc3ccccc32)n1. The van der Waals surface area contributed by atoms with Crippen LogP contribution in [0.3, 0.4) is 0 Å². The fraction of sp³-hybridized carbons (Fsp3) is 0.312. The van der Waals surface area contributed by atoms with Crippen LogP contribution in [0.15, 0.2) is 36.4 Å². The lowest BCUT2D eigenvalue weighted by Crippen LogP contribution is -2.09. The summed E-state index contributed by atoms with van der Waals surface area (Å²) in [6.45, 7) is 2.98. The molecule has 2 aromatic heterocycles. The molecule has 0 aliphatic heterocycles. The first-order valence-electron chi connectivity index (χ1n) is 7.27. The van der Waals surface area contributed by atoms with Gasteiger partial charge in [0.1, 0.15) is 5.52 Å². The van der Waals surface area contributed by atoms with E-state index in [0.29, 0.717) is 0 Å². The number of fused-ring (bicyclic) bond motifs is 1. The maximum absolute atomic E-state index is 4.73. The van der Waals surface area contributed by atoms with E-state index in [4.69, 9.17) is 4.98 Å². The lowest BCUT2D eigenvalue weighted by Gasteiger charge is -2.08. The Morgan fingerprint density at radius 2 is 2.05 bits per heavy atom. The van der Waals surface area contributed by atoms with Crippen molar-refractivity contribution in [2.45, 2.75) is 26.3 Å². The first-order chi connectivity index (χ1) is 10.3. The van der Waals surface area contributed by atoms with E-state index in [9.17, 15) is 0 Å². The molecule has 0 aliphatic carbocycles. The van der Waals surface area contributed by atoms with Gasteiger partial charge in [0, 0.05) is 12.2 Å². The van der Waals surface area contributed by atoms with Crippen LogP contribution in [0, 0.1) is 0 Å². The quantitative estimate of drug-likeness (QED) is 0.780. The highest BCUT2D eigenvalue weighted by atomic mass is 15.4. The van der Waals surface area contributed by atoms with Crippen LogP contribution in [0.1, 0.15) is 24.6 Å². The van der Waals surface area contributed by atoms with E-state index < -0.39 is 0 Å². The number of hydrogen-bond donors (Lipinski definition) is 1. The summed E-state index contributed by atoms with van der Waals surface area (Å²) in [5.41, 5.74) is 4.18. The Kier molecular flexibility index (Phi) is 3.92. The fourth-order valence-electron chi connectivity index (χ4n) is 2.47. The third-order valence-electron chi connectivity index (χ3n) is 3.38. The second-order valence-electron chi connectivity index (χ2n) is 5.10. The highest BCUT2D eigenvalue weighted by Crippen LogP contribution is 2.17. The molecule has 21 heavy (non-hydrogen) atoms. The molecule has 0 atom stereocenters. The molecule has 3 rings (SSSR count). The van der Waals surface area contributed by atoms with Gasteiger partial charge >= 0.3 is 0 Å². The van der Waals surface area contributed by atoms with Crippen LogP contribution in [-0.2, 0) is 13.0 Å². The minimum absolute atomic E-state index is 0.818.